The van der Waals surface area contributed by atoms with Crippen LogP contribution in [0.1, 0.15) is 61.1 Å². The van der Waals surface area contributed by atoms with Crippen LogP contribution in [0.3, 0.4) is 0 Å². The number of nitrogens with zero attached hydrogens (tertiary/aromatic N) is 2. The lowest BCUT2D eigenvalue weighted by Crippen LogP contribution is -2.29. The quantitative estimate of drug-likeness (QED) is 0.127. The van der Waals surface area contributed by atoms with E-state index in [9.17, 15) is 14.7 Å². The van der Waals surface area contributed by atoms with Crippen LogP contribution in [0, 0.1) is 19.8 Å². The molecule has 1 N–H and O–H groups in total. The van der Waals surface area contributed by atoms with E-state index in [-0.39, 0.29) is 17.4 Å². The number of aliphatic hydroxyl groups excluding tert-OH is 1. The Morgan fingerprint density at radius 3 is 2.66 bits per heavy atom. The number of hydrogen-bond donors (Lipinski definition) is 1. The van der Waals surface area contributed by atoms with Crippen LogP contribution in [0.2, 0.25) is 0 Å². The number of rotatable bonds is 8. The molecular formula is C35H36N2O6S. The molecule has 1 aromatic heterocycles. The summed E-state index contributed by atoms with van der Waals surface area (Å²) in [5, 5.41) is 12.1. The minimum atomic E-state index is -0.945. The van der Waals surface area contributed by atoms with E-state index in [1.807, 2.05) is 45.0 Å². The lowest BCUT2D eigenvalue weighted by Gasteiger charge is -2.24. The van der Waals surface area contributed by atoms with Crippen molar-refractivity contribution < 1.29 is 28.9 Å². The highest BCUT2D eigenvalue weighted by atomic mass is 32.1. The lowest BCUT2D eigenvalue weighted by atomic mass is 9.94. The zero-order chi connectivity index (χ0) is 31.3. The van der Waals surface area contributed by atoms with E-state index in [1.165, 1.54) is 16.2 Å². The molecule has 1 amide bonds. The van der Waals surface area contributed by atoms with Gasteiger partial charge in [-0.2, -0.15) is 0 Å². The fourth-order valence-corrected chi connectivity index (χ4v) is 7.08. The van der Waals surface area contributed by atoms with Crippen LogP contribution < -0.4 is 19.1 Å². The fraction of sp³-hybridized carbons (Fsp3) is 0.343. The van der Waals surface area contributed by atoms with Crippen LogP contribution in [0.15, 0.2) is 54.1 Å². The van der Waals surface area contributed by atoms with E-state index < -0.39 is 17.7 Å². The number of anilines is 1. The predicted octanol–water partition coefficient (Wildman–Crippen LogP) is 7.30. The van der Waals surface area contributed by atoms with Gasteiger partial charge in [-0.3, -0.25) is 14.5 Å². The molecule has 3 aromatic carbocycles. The van der Waals surface area contributed by atoms with Gasteiger partial charge in [-0.15, -0.1) is 0 Å². The number of aryl methyl sites for hydroxylation is 2. The Kier molecular flexibility index (Phi) is 7.84. The predicted molar refractivity (Wildman–Crippen MR) is 172 cm³/mol. The van der Waals surface area contributed by atoms with Gasteiger partial charge < -0.3 is 19.3 Å². The smallest absolute Gasteiger partial charge is 0.301 e. The first-order chi connectivity index (χ1) is 21.0. The standard InChI is InChI=1S/C35H36N2O6S/c1-18(2)11-12-42-26-10-7-22(17-27(26)41-6)31-29(32(38)23-8-9-25-24(16-23)15-21(5)43-25)33(39)34(40)37(31)35-36-30-20(4)13-19(3)14-28(30)44-35/h7-10,13-14,16-18,21,31,38H,11-12,15H2,1-6H3/b32-29+/t21-,31-/m0/s1. The van der Waals surface area contributed by atoms with Gasteiger partial charge in [0.2, 0.25) is 0 Å². The van der Waals surface area contributed by atoms with Gasteiger partial charge in [0.25, 0.3) is 5.78 Å². The monoisotopic (exact) mass is 612 g/mol. The third-order valence-electron chi connectivity index (χ3n) is 8.09. The number of benzene rings is 3. The molecule has 0 spiro atoms. The Hall–Kier alpha value is -4.37. The number of fused-ring (bicyclic) bond motifs is 2. The van der Waals surface area contributed by atoms with E-state index in [4.69, 9.17) is 19.2 Å². The maximum atomic E-state index is 13.8. The molecule has 0 bridgehead atoms. The average molecular weight is 613 g/mol. The SMILES string of the molecule is COc1cc([C@H]2/C(=C(\O)c3ccc4c(c3)C[C@H](C)O4)C(=O)C(=O)N2c2nc3c(C)cc(C)cc3s2)ccc1OCCC(C)C. The molecule has 4 aromatic rings. The van der Waals surface area contributed by atoms with Crippen LogP contribution in [-0.2, 0) is 16.0 Å². The van der Waals surface area contributed by atoms with Crippen molar-refractivity contribution in [3.05, 3.63) is 81.9 Å². The number of carbonyl (C=O) groups excluding carboxylic acids is 2. The van der Waals surface area contributed by atoms with Crippen LogP contribution >= 0.6 is 11.3 Å². The number of methoxy groups -OCH3 is 1. The molecule has 9 heteroatoms. The van der Waals surface area contributed by atoms with Crippen LogP contribution in [0.5, 0.6) is 17.2 Å². The van der Waals surface area contributed by atoms with Crippen molar-refractivity contribution in [2.75, 3.05) is 18.6 Å². The number of aliphatic hydroxyl groups is 1. The molecule has 1 fully saturated rings. The van der Waals surface area contributed by atoms with Gasteiger partial charge in [0, 0.05) is 12.0 Å². The molecule has 0 aliphatic carbocycles. The molecule has 0 saturated carbocycles. The van der Waals surface area contributed by atoms with Crippen molar-refractivity contribution in [2.24, 2.45) is 5.92 Å². The number of ether oxygens (including phenoxy) is 3. The first-order valence-electron chi connectivity index (χ1n) is 14.8. The minimum absolute atomic E-state index is 0.00963. The second kappa shape index (κ2) is 11.6. The number of hydrogen-bond acceptors (Lipinski definition) is 8. The Bertz CT molecular complexity index is 1820. The molecule has 3 heterocycles. The molecular weight excluding hydrogens is 576 g/mol. The lowest BCUT2D eigenvalue weighted by molar-refractivity contribution is -0.132. The molecule has 2 aliphatic heterocycles. The van der Waals surface area contributed by atoms with E-state index in [0.29, 0.717) is 46.7 Å². The van der Waals surface area contributed by atoms with Gasteiger partial charge in [-0.05, 0) is 91.8 Å². The van der Waals surface area contributed by atoms with Crippen molar-refractivity contribution in [3.63, 3.8) is 0 Å². The summed E-state index contributed by atoms with van der Waals surface area (Å²) < 4.78 is 18.5. The molecule has 8 nitrogen and oxygen atoms in total. The van der Waals surface area contributed by atoms with Gasteiger partial charge in [0.05, 0.1) is 35.5 Å². The third-order valence-corrected chi connectivity index (χ3v) is 9.10. The van der Waals surface area contributed by atoms with Gasteiger partial charge in [0.1, 0.15) is 17.6 Å². The van der Waals surface area contributed by atoms with Crippen molar-refractivity contribution in [1.29, 1.82) is 0 Å². The Morgan fingerprint density at radius 1 is 1.11 bits per heavy atom. The summed E-state index contributed by atoms with van der Waals surface area (Å²) in [5.74, 6) is 0.492. The first-order valence-corrected chi connectivity index (χ1v) is 15.7. The Balaban J connectivity index is 1.50. The average Bonchev–Trinajstić information content (AvgIpc) is 3.65. The van der Waals surface area contributed by atoms with Crippen LogP contribution in [0.4, 0.5) is 5.13 Å². The topological polar surface area (TPSA) is 98.2 Å². The number of carbonyl (C=O) groups is 2. The normalized spacial score (nSPS) is 19.1. The van der Waals surface area contributed by atoms with E-state index in [2.05, 4.69) is 13.8 Å². The summed E-state index contributed by atoms with van der Waals surface area (Å²) in [6.07, 6.45) is 1.59. The molecule has 2 aliphatic rings. The van der Waals surface area contributed by atoms with Crippen molar-refractivity contribution in [1.82, 2.24) is 4.98 Å². The van der Waals surface area contributed by atoms with E-state index >= 15 is 0 Å². The summed E-state index contributed by atoms with van der Waals surface area (Å²) in [5.41, 5.74) is 4.80. The van der Waals surface area contributed by atoms with Gasteiger partial charge >= 0.3 is 5.91 Å². The fourth-order valence-electron chi connectivity index (χ4n) is 5.91. The van der Waals surface area contributed by atoms with Crippen LogP contribution in [0.25, 0.3) is 16.0 Å². The number of thiazole rings is 1. The van der Waals surface area contributed by atoms with Crippen molar-refractivity contribution >= 4 is 44.1 Å². The van der Waals surface area contributed by atoms with Gasteiger partial charge in [-0.25, -0.2) is 4.98 Å². The van der Waals surface area contributed by atoms with Crippen LogP contribution in [-0.4, -0.2) is 41.6 Å². The summed E-state index contributed by atoms with van der Waals surface area (Å²) in [4.78, 5) is 33.9. The number of Topliss-reactive ketones (excluding diaryl/α,β-unsaturated/α-hetero) is 1. The van der Waals surface area contributed by atoms with Gasteiger partial charge in [-0.1, -0.05) is 37.3 Å². The summed E-state index contributed by atoms with van der Waals surface area (Å²) in [7, 11) is 1.55. The zero-order valence-corrected chi connectivity index (χ0v) is 26.6. The Labute approximate surface area is 260 Å². The summed E-state index contributed by atoms with van der Waals surface area (Å²) in [6.45, 7) is 10.8. The molecule has 44 heavy (non-hydrogen) atoms. The summed E-state index contributed by atoms with van der Waals surface area (Å²) >= 11 is 1.35. The molecule has 0 unspecified atom stereocenters. The minimum Gasteiger partial charge on any atom is -0.507 e. The molecule has 6 rings (SSSR count). The highest BCUT2D eigenvalue weighted by Crippen LogP contribution is 2.46. The first kappa shape index (κ1) is 29.7. The molecule has 1 saturated heterocycles. The third kappa shape index (κ3) is 5.30. The molecule has 0 radical (unpaired) electrons. The zero-order valence-electron chi connectivity index (χ0n) is 25.8. The highest BCUT2D eigenvalue weighted by molar-refractivity contribution is 7.22. The Morgan fingerprint density at radius 2 is 1.91 bits per heavy atom. The van der Waals surface area contributed by atoms with E-state index in [1.54, 1.807) is 31.4 Å². The maximum absolute atomic E-state index is 13.8. The van der Waals surface area contributed by atoms with E-state index in [0.717, 1.165) is 39.1 Å². The van der Waals surface area contributed by atoms with Crippen molar-refractivity contribution in [2.45, 2.75) is 59.6 Å². The largest absolute Gasteiger partial charge is 0.507 e. The van der Waals surface area contributed by atoms with Gasteiger partial charge in [0.15, 0.2) is 16.6 Å². The number of ketones is 1. The second-order valence-corrected chi connectivity index (χ2v) is 13.0. The van der Waals surface area contributed by atoms with Crippen molar-refractivity contribution in [3.8, 4) is 17.2 Å². The highest BCUT2D eigenvalue weighted by Gasteiger charge is 2.48. The second-order valence-electron chi connectivity index (χ2n) is 12.0. The number of amides is 1. The maximum Gasteiger partial charge on any atom is 0.301 e. The molecule has 228 valence electrons. The summed E-state index contributed by atoms with van der Waals surface area (Å²) in [6, 6.07) is 13.8. The number of aromatic nitrogens is 1. The molecule has 2 atom stereocenters.